The van der Waals surface area contributed by atoms with Gasteiger partial charge in [-0.15, -0.1) is 0 Å². The number of anilines is 1. The Morgan fingerprint density at radius 2 is 2.31 bits per heavy atom. The van der Waals surface area contributed by atoms with Crippen molar-refractivity contribution in [2.45, 2.75) is 25.6 Å². The normalized spacial score (nSPS) is 17.3. The van der Waals surface area contributed by atoms with Crippen LogP contribution in [-0.2, 0) is 16.1 Å². The van der Waals surface area contributed by atoms with E-state index in [9.17, 15) is 0 Å². The van der Waals surface area contributed by atoms with Crippen LogP contribution in [0.15, 0.2) is 18.3 Å². The smallest absolute Gasteiger partial charge is 0.125 e. The number of pyridine rings is 1. The summed E-state index contributed by atoms with van der Waals surface area (Å²) >= 11 is 0. The van der Waals surface area contributed by atoms with Crippen molar-refractivity contribution in [2.24, 2.45) is 0 Å². The lowest BCUT2D eigenvalue weighted by Gasteiger charge is -2.22. The molecule has 0 radical (unpaired) electrons. The van der Waals surface area contributed by atoms with Gasteiger partial charge in [-0.2, -0.15) is 0 Å². The molecule has 1 aliphatic heterocycles. The molecule has 1 fully saturated rings. The molecule has 4 nitrogen and oxygen atoms in total. The first-order valence-corrected chi connectivity index (χ1v) is 5.70. The molecule has 1 aromatic heterocycles. The third-order valence-electron chi connectivity index (χ3n) is 2.73. The summed E-state index contributed by atoms with van der Waals surface area (Å²) in [5, 5.41) is 3.02. The Kier molecular flexibility index (Phi) is 4.13. The van der Waals surface area contributed by atoms with Gasteiger partial charge in [0.05, 0.1) is 12.7 Å². The molecule has 2 rings (SSSR count). The van der Waals surface area contributed by atoms with Gasteiger partial charge >= 0.3 is 0 Å². The molecule has 1 N–H and O–H groups in total. The van der Waals surface area contributed by atoms with Crippen molar-refractivity contribution in [3.63, 3.8) is 0 Å². The Balaban J connectivity index is 1.83. The van der Waals surface area contributed by atoms with Crippen LogP contribution in [0, 0.1) is 0 Å². The van der Waals surface area contributed by atoms with Crippen molar-refractivity contribution in [3.05, 3.63) is 23.9 Å². The topological polar surface area (TPSA) is 43.4 Å². The maximum Gasteiger partial charge on any atom is 0.125 e. The zero-order valence-corrected chi connectivity index (χ0v) is 9.61. The van der Waals surface area contributed by atoms with Gasteiger partial charge in [-0.3, -0.25) is 0 Å². The molecule has 1 aromatic rings. The van der Waals surface area contributed by atoms with E-state index in [1.165, 1.54) is 0 Å². The van der Waals surface area contributed by atoms with Gasteiger partial charge in [-0.05, 0) is 30.5 Å². The third-order valence-corrected chi connectivity index (χ3v) is 2.73. The van der Waals surface area contributed by atoms with Crippen molar-refractivity contribution in [1.29, 1.82) is 0 Å². The van der Waals surface area contributed by atoms with E-state index < -0.39 is 0 Å². The number of nitrogens with one attached hydrogen (secondary N) is 1. The number of hydrogen-bond donors (Lipinski definition) is 1. The van der Waals surface area contributed by atoms with Crippen molar-refractivity contribution in [1.82, 2.24) is 4.98 Å². The summed E-state index contributed by atoms with van der Waals surface area (Å²) in [6.45, 7) is 2.30. The number of aromatic nitrogens is 1. The van der Waals surface area contributed by atoms with Gasteiger partial charge in [0, 0.05) is 26.5 Å². The van der Waals surface area contributed by atoms with E-state index in [4.69, 9.17) is 9.47 Å². The first kappa shape index (κ1) is 11.4. The van der Waals surface area contributed by atoms with Crippen LogP contribution in [0.4, 0.5) is 5.82 Å². The maximum absolute atomic E-state index is 5.83. The lowest BCUT2D eigenvalue weighted by Crippen LogP contribution is -2.23. The molecule has 0 bridgehead atoms. The fourth-order valence-corrected chi connectivity index (χ4v) is 1.76. The van der Waals surface area contributed by atoms with Gasteiger partial charge in [0.25, 0.3) is 0 Å². The van der Waals surface area contributed by atoms with E-state index in [0.29, 0.717) is 12.7 Å². The minimum absolute atomic E-state index is 0.347. The summed E-state index contributed by atoms with van der Waals surface area (Å²) in [7, 11) is 1.87. The molecule has 1 saturated heterocycles. The van der Waals surface area contributed by atoms with Gasteiger partial charge in [0.2, 0.25) is 0 Å². The molecule has 0 amide bonds. The fourth-order valence-electron chi connectivity index (χ4n) is 1.76. The largest absolute Gasteiger partial charge is 0.381 e. The van der Waals surface area contributed by atoms with Crippen LogP contribution in [0.2, 0.25) is 0 Å². The zero-order chi connectivity index (χ0) is 11.2. The summed E-state index contributed by atoms with van der Waals surface area (Å²) < 4.78 is 11.1. The van der Waals surface area contributed by atoms with Crippen LogP contribution in [-0.4, -0.2) is 31.3 Å². The Morgan fingerprint density at radius 1 is 1.50 bits per heavy atom. The van der Waals surface area contributed by atoms with Crippen molar-refractivity contribution in [2.75, 3.05) is 25.6 Å². The lowest BCUT2D eigenvalue weighted by atomic mass is 10.1. The van der Waals surface area contributed by atoms with Gasteiger partial charge < -0.3 is 14.8 Å². The molecule has 2 heterocycles. The SMILES string of the molecule is CNc1cc(COC2CCOCC2)ccn1. The van der Waals surface area contributed by atoms with Gasteiger partial charge in [-0.25, -0.2) is 4.98 Å². The average molecular weight is 222 g/mol. The highest BCUT2D eigenvalue weighted by molar-refractivity contribution is 5.36. The van der Waals surface area contributed by atoms with Crippen molar-refractivity contribution < 1.29 is 9.47 Å². The van der Waals surface area contributed by atoms with Gasteiger partial charge in [-0.1, -0.05) is 0 Å². The Labute approximate surface area is 96.0 Å². The van der Waals surface area contributed by atoms with Crippen LogP contribution in [0.1, 0.15) is 18.4 Å². The third kappa shape index (κ3) is 3.18. The molecule has 0 aromatic carbocycles. The van der Waals surface area contributed by atoms with Crippen LogP contribution in [0.3, 0.4) is 0 Å². The van der Waals surface area contributed by atoms with Crippen LogP contribution < -0.4 is 5.32 Å². The molecule has 0 unspecified atom stereocenters. The lowest BCUT2D eigenvalue weighted by molar-refractivity contribution is -0.0390. The molecule has 0 aliphatic carbocycles. The highest BCUT2D eigenvalue weighted by Crippen LogP contribution is 2.14. The molecule has 0 spiro atoms. The molecule has 0 atom stereocenters. The molecule has 0 saturated carbocycles. The number of rotatable bonds is 4. The summed E-state index contributed by atoms with van der Waals surface area (Å²) in [6.07, 6.45) is 4.16. The second-order valence-corrected chi connectivity index (χ2v) is 3.92. The van der Waals surface area contributed by atoms with Crippen molar-refractivity contribution in [3.8, 4) is 0 Å². The van der Waals surface area contributed by atoms with E-state index in [1.54, 1.807) is 6.20 Å². The predicted molar refractivity (Wildman–Crippen MR) is 62.4 cm³/mol. The number of ether oxygens (including phenoxy) is 2. The average Bonchev–Trinajstić information content (AvgIpc) is 2.38. The second kappa shape index (κ2) is 5.82. The van der Waals surface area contributed by atoms with E-state index >= 15 is 0 Å². The van der Waals surface area contributed by atoms with Crippen LogP contribution in [0.25, 0.3) is 0 Å². The standard InChI is InChI=1S/C12H18N2O2/c1-13-12-8-10(2-5-14-12)9-16-11-3-6-15-7-4-11/h2,5,8,11H,3-4,6-7,9H2,1H3,(H,13,14). The highest BCUT2D eigenvalue weighted by atomic mass is 16.5. The quantitative estimate of drug-likeness (QED) is 0.844. The number of nitrogens with zero attached hydrogens (tertiary/aromatic N) is 1. The van der Waals surface area contributed by atoms with E-state index in [1.807, 2.05) is 19.2 Å². The first-order valence-electron chi connectivity index (χ1n) is 5.70. The highest BCUT2D eigenvalue weighted by Gasteiger charge is 2.13. The van der Waals surface area contributed by atoms with Crippen LogP contribution in [0.5, 0.6) is 0 Å². The van der Waals surface area contributed by atoms with Gasteiger partial charge in [0.1, 0.15) is 5.82 Å². The minimum atomic E-state index is 0.347. The van der Waals surface area contributed by atoms with Crippen molar-refractivity contribution >= 4 is 5.82 Å². The zero-order valence-electron chi connectivity index (χ0n) is 9.61. The summed E-state index contributed by atoms with van der Waals surface area (Å²) in [5.74, 6) is 0.882. The first-order chi connectivity index (χ1) is 7.88. The summed E-state index contributed by atoms with van der Waals surface area (Å²) in [5.41, 5.74) is 1.16. The maximum atomic E-state index is 5.83. The van der Waals surface area contributed by atoms with Crippen LogP contribution >= 0.6 is 0 Å². The Morgan fingerprint density at radius 3 is 3.06 bits per heavy atom. The minimum Gasteiger partial charge on any atom is -0.381 e. The second-order valence-electron chi connectivity index (χ2n) is 3.92. The molecule has 88 valence electrons. The summed E-state index contributed by atoms with van der Waals surface area (Å²) in [4.78, 5) is 4.17. The molecule has 4 heteroatoms. The Bertz CT molecular complexity index is 325. The van der Waals surface area contributed by atoms with E-state index in [0.717, 1.165) is 37.4 Å². The molecule has 1 aliphatic rings. The monoisotopic (exact) mass is 222 g/mol. The molecular formula is C12H18N2O2. The van der Waals surface area contributed by atoms with Gasteiger partial charge in [0.15, 0.2) is 0 Å². The molecular weight excluding hydrogens is 204 g/mol. The number of hydrogen-bond acceptors (Lipinski definition) is 4. The fraction of sp³-hybridized carbons (Fsp3) is 0.583. The molecule has 16 heavy (non-hydrogen) atoms. The Hall–Kier alpha value is -1.13. The summed E-state index contributed by atoms with van der Waals surface area (Å²) in [6, 6.07) is 4.00. The van der Waals surface area contributed by atoms with E-state index in [2.05, 4.69) is 10.3 Å². The van der Waals surface area contributed by atoms with E-state index in [-0.39, 0.29) is 0 Å². The predicted octanol–water partition coefficient (Wildman–Crippen LogP) is 1.82.